The van der Waals surface area contributed by atoms with E-state index in [9.17, 15) is 5.11 Å². The van der Waals surface area contributed by atoms with Crippen LogP contribution in [0.3, 0.4) is 0 Å². The summed E-state index contributed by atoms with van der Waals surface area (Å²) >= 11 is 0. The van der Waals surface area contributed by atoms with E-state index in [1.807, 2.05) is 0 Å². The van der Waals surface area contributed by atoms with Crippen LogP contribution in [-0.4, -0.2) is 38.8 Å². The minimum Gasteiger partial charge on any atom is -0.396 e. The van der Waals surface area contributed by atoms with Gasteiger partial charge in [-0.15, -0.1) is 0 Å². The van der Waals surface area contributed by atoms with Crippen molar-refractivity contribution in [3.63, 3.8) is 0 Å². The third kappa shape index (κ3) is 6.42. The molecule has 0 aromatic heterocycles. The highest BCUT2D eigenvalue weighted by atomic mass is 28.3. The Bertz CT molecular complexity index is 520. The molecule has 1 N–H and O–H groups in total. The first kappa shape index (κ1) is 24.1. The van der Waals surface area contributed by atoms with Gasteiger partial charge < -0.3 is 14.6 Å². The molecular weight excluding hydrogens is 364 g/mol. The molecule has 3 nitrogen and oxygen atoms in total. The van der Waals surface area contributed by atoms with E-state index >= 15 is 0 Å². The number of aliphatic hydroxyl groups excluding tert-OH is 1. The molecule has 1 aliphatic heterocycles. The van der Waals surface area contributed by atoms with E-state index in [1.165, 1.54) is 12.8 Å². The first-order valence-electron chi connectivity index (χ1n) is 11.5. The van der Waals surface area contributed by atoms with Crippen molar-refractivity contribution < 1.29 is 14.6 Å². The topological polar surface area (TPSA) is 38.7 Å². The van der Waals surface area contributed by atoms with E-state index in [2.05, 4.69) is 60.0 Å². The zero-order valence-electron chi connectivity index (χ0n) is 19.8. The van der Waals surface area contributed by atoms with E-state index in [1.54, 1.807) is 5.57 Å². The Balaban J connectivity index is 2.19. The fourth-order valence-corrected chi connectivity index (χ4v) is 6.40. The van der Waals surface area contributed by atoms with Gasteiger partial charge in [-0.25, -0.2) is 0 Å². The highest BCUT2D eigenvalue weighted by Gasteiger charge is 2.40. The van der Waals surface area contributed by atoms with E-state index in [0.29, 0.717) is 30.3 Å². The van der Waals surface area contributed by atoms with E-state index < -0.39 is 13.9 Å². The number of ether oxygens (including phenoxy) is 2. The number of rotatable bonds is 7. The predicted octanol–water partition coefficient (Wildman–Crippen LogP) is 6.04. The van der Waals surface area contributed by atoms with Gasteiger partial charge in [-0.3, -0.25) is 0 Å². The molecule has 0 aromatic carbocycles. The van der Waals surface area contributed by atoms with E-state index in [-0.39, 0.29) is 5.41 Å². The van der Waals surface area contributed by atoms with Crippen LogP contribution in [0.15, 0.2) is 11.3 Å². The summed E-state index contributed by atoms with van der Waals surface area (Å²) < 4.78 is 12.4. The maximum Gasteiger partial charge on any atom is 0.165 e. The van der Waals surface area contributed by atoms with Crippen LogP contribution in [0.5, 0.6) is 0 Å². The van der Waals surface area contributed by atoms with Crippen molar-refractivity contribution >= 4 is 8.07 Å². The van der Waals surface area contributed by atoms with Crippen molar-refractivity contribution in [3.8, 4) is 0 Å². The van der Waals surface area contributed by atoms with Gasteiger partial charge in [0.15, 0.2) is 5.79 Å². The quantitative estimate of drug-likeness (QED) is 0.520. The Hall–Kier alpha value is -0.163. The van der Waals surface area contributed by atoms with Gasteiger partial charge in [0.25, 0.3) is 0 Å². The molecular formula is C24H46O3Si. The Morgan fingerprint density at radius 1 is 1.14 bits per heavy atom. The molecule has 1 saturated carbocycles. The van der Waals surface area contributed by atoms with E-state index in [4.69, 9.17) is 9.47 Å². The number of allylic oxidation sites excluding steroid dienone is 1. The zero-order valence-corrected chi connectivity index (χ0v) is 20.8. The molecule has 1 heterocycles. The first-order valence-corrected chi connectivity index (χ1v) is 15.1. The molecule has 0 amide bonds. The van der Waals surface area contributed by atoms with Crippen LogP contribution < -0.4 is 0 Å². The minimum absolute atomic E-state index is 0.112. The summed E-state index contributed by atoms with van der Waals surface area (Å²) in [6.45, 7) is 20.3. The average Bonchev–Trinajstić information content (AvgIpc) is 2.59. The molecule has 1 aliphatic carbocycles. The molecule has 2 aliphatic rings. The molecule has 164 valence electrons. The Morgan fingerprint density at radius 2 is 1.75 bits per heavy atom. The molecule has 2 fully saturated rings. The normalized spacial score (nSPS) is 33.0. The lowest BCUT2D eigenvalue weighted by Gasteiger charge is -2.45. The molecule has 0 radical (unpaired) electrons. The Kier molecular flexibility index (Phi) is 8.03. The SMILES string of the molecule is CC[C@@H](CO)[C@@H]1CC[C@@H](C)[C@H](CCC2(C)OCC(C)(C)CO2)/C1=C\[Si](C)(C)C. The second-order valence-corrected chi connectivity index (χ2v) is 16.6. The van der Waals surface area contributed by atoms with Crippen LogP contribution in [0.25, 0.3) is 0 Å². The third-order valence-electron chi connectivity index (χ3n) is 6.85. The van der Waals surface area contributed by atoms with Gasteiger partial charge >= 0.3 is 0 Å². The summed E-state index contributed by atoms with van der Waals surface area (Å²) in [6.07, 6.45) is 5.62. The summed E-state index contributed by atoms with van der Waals surface area (Å²) in [5, 5.41) is 10.0. The molecule has 28 heavy (non-hydrogen) atoms. The first-order chi connectivity index (χ1) is 12.9. The molecule has 0 aromatic rings. The summed E-state index contributed by atoms with van der Waals surface area (Å²) in [5.74, 6) is 1.77. The minimum atomic E-state index is -1.34. The molecule has 0 unspecified atom stereocenters. The van der Waals surface area contributed by atoms with Gasteiger partial charge in [0.1, 0.15) is 0 Å². The Morgan fingerprint density at radius 3 is 2.25 bits per heavy atom. The van der Waals surface area contributed by atoms with Gasteiger partial charge in [0, 0.05) is 18.4 Å². The van der Waals surface area contributed by atoms with Crippen LogP contribution in [0.1, 0.15) is 66.7 Å². The van der Waals surface area contributed by atoms with Crippen LogP contribution in [0, 0.1) is 29.1 Å². The number of hydrogen-bond donors (Lipinski definition) is 1. The average molecular weight is 411 g/mol. The van der Waals surface area contributed by atoms with Crippen LogP contribution in [0.2, 0.25) is 19.6 Å². The third-order valence-corrected chi connectivity index (χ3v) is 8.05. The van der Waals surface area contributed by atoms with Crippen LogP contribution in [0.4, 0.5) is 0 Å². The van der Waals surface area contributed by atoms with Crippen LogP contribution in [-0.2, 0) is 9.47 Å². The van der Waals surface area contributed by atoms with Gasteiger partial charge in [-0.2, -0.15) is 0 Å². The summed E-state index contributed by atoms with van der Waals surface area (Å²) in [7, 11) is -1.34. The second kappa shape index (κ2) is 9.32. The number of hydrogen-bond acceptors (Lipinski definition) is 3. The highest BCUT2D eigenvalue weighted by Crippen LogP contribution is 2.46. The lowest BCUT2D eigenvalue weighted by atomic mass is 9.65. The molecule has 1 saturated heterocycles. The monoisotopic (exact) mass is 410 g/mol. The van der Waals surface area contributed by atoms with Crippen molar-refractivity contribution in [2.45, 2.75) is 92.2 Å². The second-order valence-electron chi connectivity index (χ2n) is 11.5. The summed E-state index contributed by atoms with van der Waals surface area (Å²) in [4.78, 5) is 0. The predicted molar refractivity (Wildman–Crippen MR) is 121 cm³/mol. The van der Waals surface area contributed by atoms with Crippen molar-refractivity contribution in [2.24, 2.45) is 29.1 Å². The standard InChI is InChI=1S/C24H46O3Si/c1-9-19(14-25)21-11-10-18(2)20(22(21)15-28(6,7)8)12-13-24(5)26-16-23(3,4)17-27-24/h15,18-21,25H,9-14,16-17H2,1-8H3/b22-15+/t18-,19+,20+,21+/m1/s1. The smallest absolute Gasteiger partial charge is 0.165 e. The molecule has 0 bridgehead atoms. The fraction of sp³-hybridized carbons (Fsp3) is 0.917. The molecule has 2 rings (SSSR count). The van der Waals surface area contributed by atoms with Gasteiger partial charge in [-0.05, 0) is 49.9 Å². The zero-order chi connectivity index (χ0) is 21.2. The lowest BCUT2D eigenvalue weighted by molar-refractivity contribution is -0.293. The lowest BCUT2D eigenvalue weighted by Crippen LogP contribution is -2.46. The van der Waals surface area contributed by atoms with Crippen molar-refractivity contribution in [1.82, 2.24) is 0 Å². The van der Waals surface area contributed by atoms with Crippen molar-refractivity contribution in [1.29, 1.82) is 0 Å². The number of aliphatic hydroxyl groups is 1. The van der Waals surface area contributed by atoms with Gasteiger partial charge in [0.2, 0.25) is 0 Å². The van der Waals surface area contributed by atoms with Crippen LogP contribution >= 0.6 is 0 Å². The summed E-state index contributed by atoms with van der Waals surface area (Å²) in [6, 6.07) is 0. The van der Waals surface area contributed by atoms with Crippen molar-refractivity contribution in [3.05, 3.63) is 11.3 Å². The fourth-order valence-electron chi connectivity index (χ4n) is 4.97. The molecule has 0 spiro atoms. The van der Waals surface area contributed by atoms with Crippen molar-refractivity contribution in [2.75, 3.05) is 19.8 Å². The Labute approximate surface area is 175 Å². The maximum absolute atomic E-state index is 10.0. The highest BCUT2D eigenvalue weighted by molar-refractivity contribution is 6.81. The molecule has 4 atom stereocenters. The van der Waals surface area contributed by atoms with E-state index in [0.717, 1.165) is 32.5 Å². The van der Waals surface area contributed by atoms with Gasteiger partial charge in [0.05, 0.1) is 21.3 Å². The maximum atomic E-state index is 10.0. The summed E-state index contributed by atoms with van der Waals surface area (Å²) in [5.41, 5.74) is 4.42. The van der Waals surface area contributed by atoms with Gasteiger partial charge in [-0.1, -0.05) is 65.0 Å². The largest absolute Gasteiger partial charge is 0.396 e. The molecule has 4 heteroatoms.